The van der Waals surface area contributed by atoms with Crippen LogP contribution in [0, 0.1) is 17.1 Å². The summed E-state index contributed by atoms with van der Waals surface area (Å²) in [6.07, 6.45) is 2.81. The van der Waals surface area contributed by atoms with Gasteiger partial charge in [0.05, 0.1) is 39.2 Å². The number of halogens is 3. The largest absolute Gasteiger partial charge is 0.444 e. The topological polar surface area (TPSA) is 128 Å². The zero-order valence-electron chi connectivity index (χ0n) is 24.3. The molecule has 0 bridgehead atoms. The minimum Gasteiger partial charge on any atom is -0.444 e. The van der Waals surface area contributed by atoms with Gasteiger partial charge >= 0.3 is 6.09 Å². The van der Waals surface area contributed by atoms with Crippen LogP contribution in [0.4, 0.5) is 14.9 Å². The molecule has 2 aromatic carbocycles. The second-order valence-electron chi connectivity index (χ2n) is 11.6. The third kappa shape index (κ3) is 6.00. The summed E-state index contributed by atoms with van der Waals surface area (Å²) in [5, 5.41) is 24.0. The Morgan fingerprint density at radius 2 is 2.09 bits per heavy atom. The lowest BCUT2D eigenvalue weighted by Crippen LogP contribution is -2.51. The van der Waals surface area contributed by atoms with E-state index in [2.05, 4.69) is 21.4 Å². The van der Waals surface area contributed by atoms with E-state index in [1.165, 1.54) is 12.3 Å². The summed E-state index contributed by atoms with van der Waals surface area (Å²) in [6.45, 7) is 5.55. The molecule has 0 spiro atoms. The minimum atomic E-state index is -0.805. The maximum Gasteiger partial charge on any atom is 0.410 e. The molecule has 12 heteroatoms. The first-order valence-electron chi connectivity index (χ1n) is 14.1. The monoisotopic (exact) mass is 637 g/mol. The molecule has 44 heavy (non-hydrogen) atoms. The van der Waals surface area contributed by atoms with E-state index in [1.807, 2.05) is 0 Å². The number of nitrogens with one attached hydrogen (secondary N) is 1. The van der Waals surface area contributed by atoms with Gasteiger partial charge in [0.25, 0.3) is 0 Å². The Morgan fingerprint density at radius 1 is 1.32 bits per heavy atom. The van der Waals surface area contributed by atoms with Crippen LogP contribution in [0.25, 0.3) is 32.9 Å². The third-order valence-corrected chi connectivity index (χ3v) is 8.17. The maximum atomic E-state index is 16.5. The number of aromatic nitrogens is 2. The second kappa shape index (κ2) is 12.5. The van der Waals surface area contributed by atoms with Crippen molar-refractivity contribution in [1.82, 2.24) is 14.9 Å². The molecule has 2 aromatic heterocycles. The lowest BCUT2D eigenvalue weighted by Gasteiger charge is -2.40. The van der Waals surface area contributed by atoms with Crippen LogP contribution in [-0.4, -0.2) is 63.2 Å². The van der Waals surface area contributed by atoms with Gasteiger partial charge in [-0.1, -0.05) is 35.3 Å². The third-order valence-electron chi connectivity index (χ3n) is 7.58. The molecular formula is C32H30Cl2FN5O4. The van der Waals surface area contributed by atoms with Gasteiger partial charge in [0.15, 0.2) is 12.1 Å². The Morgan fingerprint density at radius 3 is 2.77 bits per heavy atom. The molecular weight excluding hydrogens is 608 g/mol. The van der Waals surface area contributed by atoms with Crippen molar-refractivity contribution in [2.75, 3.05) is 18.5 Å². The molecule has 1 amide bonds. The second-order valence-corrected chi connectivity index (χ2v) is 12.4. The number of benzene rings is 2. The van der Waals surface area contributed by atoms with Crippen LogP contribution in [0.3, 0.4) is 0 Å². The van der Waals surface area contributed by atoms with Gasteiger partial charge in [-0.05, 0) is 63.6 Å². The van der Waals surface area contributed by atoms with Crippen molar-refractivity contribution in [3.63, 3.8) is 0 Å². The van der Waals surface area contributed by atoms with E-state index in [9.17, 15) is 20.0 Å². The van der Waals surface area contributed by atoms with Crippen LogP contribution >= 0.6 is 23.2 Å². The number of fused-ring (bicyclic) bond motifs is 2. The first kappa shape index (κ1) is 31.4. The van der Waals surface area contributed by atoms with Crippen LogP contribution < -0.4 is 5.32 Å². The number of nitrogens with zero attached hydrogens (tertiary/aromatic N) is 4. The Bertz CT molecular complexity index is 1820. The van der Waals surface area contributed by atoms with Crippen molar-refractivity contribution in [2.45, 2.75) is 57.7 Å². The normalized spacial score (nSPS) is 17.0. The summed E-state index contributed by atoms with van der Waals surface area (Å²) in [5.74, 6) is -0.805. The lowest BCUT2D eigenvalue weighted by atomic mass is 9.94. The molecule has 2 atom stereocenters. The van der Waals surface area contributed by atoms with E-state index in [4.69, 9.17) is 27.9 Å². The number of nitriles is 1. The fourth-order valence-corrected chi connectivity index (χ4v) is 6.18. The Hall–Kier alpha value is -4.04. The highest BCUT2D eigenvalue weighted by atomic mass is 35.5. The highest BCUT2D eigenvalue weighted by Gasteiger charge is 2.35. The van der Waals surface area contributed by atoms with Gasteiger partial charge in [0, 0.05) is 42.2 Å². The van der Waals surface area contributed by atoms with Gasteiger partial charge in [-0.2, -0.15) is 5.26 Å². The molecule has 228 valence electrons. The predicted molar refractivity (Wildman–Crippen MR) is 168 cm³/mol. The number of amides is 1. The quantitative estimate of drug-likeness (QED) is 0.169. The zero-order valence-corrected chi connectivity index (χ0v) is 25.8. The van der Waals surface area contributed by atoms with Gasteiger partial charge < -0.3 is 20.1 Å². The summed E-state index contributed by atoms with van der Waals surface area (Å²) in [5.41, 5.74) is -0.0849. The number of rotatable bonds is 6. The molecule has 4 aromatic rings. The molecule has 0 saturated carbocycles. The molecule has 0 radical (unpaired) electrons. The summed E-state index contributed by atoms with van der Waals surface area (Å²) in [4.78, 5) is 35.3. The summed E-state index contributed by atoms with van der Waals surface area (Å²) < 4.78 is 22.0. The van der Waals surface area contributed by atoms with Gasteiger partial charge in [0.2, 0.25) is 0 Å². The summed E-state index contributed by atoms with van der Waals surface area (Å²) >= 11 is 13.2. The zero-order chi connectivity index (χ0) is 31.8. The average Bonchev–Trinajstić information content (AvgIpc) is 2.97. The molecule has 1 aliphatic heterocycles. The number of aliphatic hydroxyl groups is 1. The highest BCUT2D eigenvalue weighted by Crippen LogP contribution is 2.42. The van der Waals surface area contributed by atoms with Gasteiger partial charge in [-0.3, -0.25) is 9.78 Å². The summed E-state index contributed by atoms with van der Waals surface area (Å²) in [6, 6.07) is 9.87. The number of anilines is 1. The standard InChI is InChI=1S/C32H30Cl2FN5O4/c1-32(2,3)44-31(43)40-11-8-19(13-20(40)9-12-41)38-27-21-14-23(33)25(26(35)28(21)39-30(34)22(27)16-42)29-24-17(7-10-37-29)5-4-6-18(24)15-36/h4-7,10,14,16,19-20,41H,8-9,11-13H2,1-3H3,(H,38,39)/t19?,20-/m1/s1. The molecule has 1 unspecified atom stereocenters. The number of likely N-dealkylation sites (tertiary alicyclic amines) is 1. The van der Waals surface area contributed by atoms with Crippen LogP contribution in [0.1, 0.15) is 56.0 Å². The van der Waals surface area contributed by atoms with Crippen molar-refractivity contribution < 1.29 is 23.8 Å². The maximum absolute atomic E-state index is 16.5. The number of ether oxygens (including phenoxy) is 1. The Kier molecular flexibility index (Phi) is 8.93. The molecule has 9 nitrogen and oxygen atoms in total. The first-order valence-corrected chi connectivity index (χ1v) is 14.8. The van der Waals surface area contributed by atoms with Crippen molar-refractivity contribution in [1.29, 1.82) is 5.26 Å². The van der Waals surface area contributed by atoms with Crippen molar-refractivity contribution in [3.8, 4) is 17.3 Å². The van der Waals surface area contributed by atoms with Gasteiger partial charge in [0.1, 0.15) is 16.3 Å². The lowest BCUT2D eigenvalue weighted by molar-refractivity contribution is 0.00604. The number of hydrogen-bond donors (Lipinski definition) is 2. The van der Waals surface area contributed by atoms with Crippen LogP contribution in [0.5, 0.6) is 0 Å². The number of aliphatic hydroxyl groups excluding tert-OH is 1. The smallest absolute Gasteiger partial charge is 0.410 e. The number of hydrogen-bond acceptors (Lipinski definition) is 8. The number of pyridine rings is 2. The van der Waals surface area contributed by atoms with Gasteiger partial charge in [-0.25, -0.2) is 14.2 Å². The van der Waals surface area contributed by atoms with E-state index < -0.39 is 17.5 Å². The van der Waals surface area contributed by atoms with E-state index >= 15 is 4.39 Å². The fraction of sp³-hybridized carbons (Fsp3) is 0.344. The molecule has 5 rings (SSSR count). The summed E-state index contributed by atoms with van der Waals surface area (Å²) in [7, 11) is 0. The van der Waals surface area contributed by atoms with Crippen LogP contribution in [0.15, 0.2) is 36.5 Å². The molecule has 3 heterocycles. The Labute approximate surface area is 263 Å². The molecule has 1 fully saturated rings. The number of carbonyl (C=O) groups is 2. The van der Waals surface area contributed by atoms with E-state index in [0.29, 0.717) is 48.4 Å². The number of piperidine rings is 1. The number of carbonyl (C=O) groups excluding carboxylic acids is 2. The number of aldehydes is 1. The van der Waals surface area contributed by atoms with E-state index in [0.717, 1.165) is 0 Å². The van der Waals surface area contributed by atoms with E-state index in [1.54, 1.807) is 49.9 Å². The van der Waals surface area contributed by atoms with Crippen LogP contribution in [0.2, 0.25) is 10.2 Å². The van der Waals surface area contributed by atoms with E-state index in [-0.39, 0.29) is 62.3 Å². The molecule has 0 aliphatic carbocycles. The van der Waals surface area contributed by atoms with Crippen molar-refractivity contribution in [3.05, 3.63) is 63.6 Å². The molecule has 1 saturated heterocycles. The predicted octanol–water partition coefficient (Wildman–Crippen LogP) is 7.14. The van der Waals surface area contributed by atoms with Crippen molar-refractivity contribution in [2.24, 2.45) is 0 Å². The molecule has 2 N–H and O–H groups in total. The highest BCUT2D eigenvalue weighted by molar-refractivity contribution is 6.36. The molecule has 1 aliphatic rings. The van der Waals surface area contributed by atoms with Crippen molar-refractivity contribution >= 4 is 62.9 Å². The minimum absolute atomic E-state index is 0.00432. The fourth-order valence-electron chi connectivity index (χ4n) is 5.68. The first-order chi connectivity index (χ1) is 21.0. The Balaban J connectivity index is 1.58. The SMILES string of the molecule is CC(C)(C)OC(=O)N1CCC(Nc2c(C=O)c(Cl)nc3c(F)c(-c4nccc5cccc(C#N)c45)c(Cl)cc23)C[C@H]1CCO. The van der Waals surface area contributed by atoms with Crippen LogP contribution in [-0.2, 0) is 4.74 Å². The van der Waals surface area contributed by atoms with Gasteiger partial charge in [-0.15, -0.1) is 0 Å². The average molecular weight is 639 g/mol.